The smallest absolute Gasteiger partial charge is 0.410 e. The van der Waals surface area contributed by atoms with Crippen LogP contribution in [0.4, 0.5) is 9.59 Å². The summed E-state index contributed by atoms with van der Waals surface area (Å²) in [6.45, 7) is 9.78. The lowest BCUT2D eigenvalue weighted by molar-refractivity contribution is 0.0502. The Labute approximate surface area is 208 Å². The van der Waals surface area contributed by atoms with Gasteiger partial charge in [-0.25, -0.2) is 9.59 Å². The number of rotatable bonds is 8. The van der Waals surface area contributed by atoms with Gasteiger partial charge in [-0.1, -0.05) is 49.4 Å². The monoisotopic (exact) mass is 482 g/mol. The van der Waals surface area contributed by atoms with Gasteiger partial charge in [0.25, 0.3) is 0 Å². The van der Waals surface area contributed by atoms with Gasteiger partial charge in [-0.05, 0) is 69.2 Å². The minimum atomic E-state index is -0.540. The minimum Gasteiger partial charge on any atom is -0.493 e. The molecular formula is C28H38N2O5. The van der Waals surface area contributed by atoms with Crippen LogP contribution in [-0.2, 0) is 16.1 Å². The van der Waals surface area contributed by atoms with Crippen LogP contribution in [0.25, 0.3) is 0 Å². The second-order valence-electron chi connectivity index (χ2n) is 9.96. The van der Waals surface area contributed by atoms with Crippen molar-refractivity contribution in [2.24, 2.45) is 5.92 Å². The van der Waals surface area contributed by atoms with Crippen molar-refractivity contribution in [2.45, 2.75) is 65.2 Å². The van der Waals surface area contributed by atoms with E-state index >= 15 is 0 Å². The summed E-state index contributed by atoms with van der Waals surface area (Å²) in [7, 11) is 0. The van der Waals surface area contributed by atoms with Gasteiger partial charge in [-0.3, -0.25) is 0 Å². The normalized spacial score (nSPS) is 15.3. The largest absolute Gasteiger partial charge is 0.493 e. The van der Waals surface area contributed by atoms with Crippen molar-refractivity contribution < 1.29 is 23.8 Å². The van der Waals surface area contributed by atoms with E-state index in [9.17, 15) is 9.59 Å². The Bertz CT molecular complexity index is 949. The Morgan fingerprint density at radius 1 is 1.06 bits per heavy atom. The lowest BCUT2D eigenvalue weighted by Gasteiger charge is -2.31. The number of carbonyl (C=O) groups excluding carboxylic acids is 2. The number of hydrogen-bond acceptors (Lipinski definition) is 5. The summed E-state index contributed by atoms with van der Waals surface area (Å²) in [4.78, 5) is 26.4. The molecule has 2 aromatic carbocycles. The van der Waals surface area contributed by atoms with E-state index in [0.717, 1.165) is 36.1 Å². The number of amides is 2. The number of alkyl carbamates (subject to hydrolysis) is 1. The number of nitrogens with one attached hydrogen (secondary N) is 1. The second-order valence-corrected chi connectivity index (χ2v) is 9.96. The second kappa shape index (κ2) is 12.5. The zero-order valence-electron chi connectivity index (χ0n) is 21.3. The summed E-state index contributed by atoms with van der Waals surface area (Å²) in [5.74, 6) is 1.15. The first-order chi connectivity index (χ1) is 16.7. The highest BCUT2D eigenvalue weighted by Gasteiger charge is 2.24. The summed E-state index contributed by atoms with van der Waals surface area (Å²) in [6, 6.07) is 17.4. The van der Waals surface area contributed by atoms with Crippen LogP contribution in [0.2, 0.25) is 0 Å². The first-order valence-corrected chi connectivity index (χ1v) is 12.4. The summed E-state index contributed by atoms with van der Waals surface area (Å²) < 4.78 is 16.9. The molecule has 190 valence electrons. The van der Waals surface area contributed by atoms with Crippen LogP contribution in [0.5, 0.6) is 5.75 Å². The molecule has 1 N–H and O–H groups in total. The van der Waals surface area contributed by atoms with Crippen molar-refractivity contribution in [3.63, 3.8) is 0 Å². The van der Waals surface area contributed by atoms with Gasteiger partial charge in [0.1, 0.15) is 18.0 Å². The quantitative estimate of drug-likeness (QED) is 0.493. The van der Waals surface area contributed by atoms with Crippen LogP contribution >= 0.6 is 0 Å². The van der Waals surface area contributed by atoms with Crippen molar-refractivity contribution >= 4 is 12.2 Å². The molecule has 7 heteroatoms. The summed E-state index contributed by atoms with van der Waals surface area (Å²) in [5.41, 5.74) is 1.42. The molecule has 7 nitrogen and oxygen atoms in total. The molecule has 0 spiro atoms. The Hall–Kier alpha value is -3.22. The maximum atomic E-state index is 12.4. The summed E-state index contributed by atoms with van der Waals surface area (Å²) in [5, 5.41) is 2.94. The molecule has 0 saturated carbocycles. The number of hydrogen-bond donors (Lipinski definition) is 1. The van der Waals surface area contributed by atoms with E-state index in [-0.39, 0.29) is 12.1 Å². The molecule has 35 heavy (non-hydrogen) atoms. The third kappa shape index (κ3) is 8.81. The molecule has 1 aliphatic heterocycles. The number of benzene rings is 2. The Balaban J connectivity index is 1.43. The van der Waals surface area contributed by atoms with Crippen molar-refractivity contribution in [1.29, 1.82) is 0 Å². The zero-order chi connectivity index (χ0) is 25.3. The van der Waals surface area contributed by atoms with E-state index in [0.29, 0.717) is 32.2 Å². The average molecular weight is 483 g/mol. The molecule has 1 unspecified atom stereocenters. The van der Waals surface area contributed by atoms with E-state index < -0.39 is 11.7 Å². The zero-order valence-corrected chi connectivity index (χ0v) is 21.3. The predicted molar refractivity (Wildman–Crippen MR) is 135 cm³/mol. The molecule has 1 aliphatic rings. The van der Waals surface area contributed by atoms with Gasteiger partial charge in [0.15, 0.2) is 0 Å². The number of carbonyl (C=O) groups is 2. The highest BCUT2D eigenvalue weighted by molar-refractivity contribution is 5.68. The molecule has 3 rings (SSSR count). The fourth-order valence-corrected chi connectivity index (χ4v) is 4.00. The maximum absolute atomic E-state index is 12.4. The Morgan fingerprint density at radius 3 is 2.43 bits per heavy atom. The molecular weight excluding hydrogens is 444 g/mol. The van der Waals surface area contributed by atoms with E-state index in [4.69, 9.17) is 14.2 Å². The average Bonchev–Trinajstić information content (AvgIpc) is 2.84. The van der Waals surface area contributed by atoms with E-state index in [1.807, 2.05) is 82.3 Å². The number of nitrogens with zero attached hydrogens (tertiary/aromatic N) is 1. The van der Waals surface area contributed by atoms with Crippen LogP contribution in [0.3, 0.4) is 0 Å². The van der Waals surface area contributed by atoms with Crippen LogP contribution in [-0.4, -0.2) is 42.4 Å². The predicted octanol–water partition coefficient (Wildman–Crippen LogP) is 6.09. The molecule has 2 aromatic rings. The summed E-state index contributed by atoms with van der Waals surface area (Å²) >= 11 is 0. The molecule has 1 fully saturated rings. The topological polar surface area (TPSA) is 77.1 Å². The molecule has 0 aromatic heterocycles. The standard InChI is InChI=1S/C28H38N2O5/c1-5-25(29-26(31)35-28(2,3)4)23-12-9-13-24(18-23)33-19-22-14-16-30(17-15-22)27(32)34-20-21-10-7-6-8-11-21/h6-13,18,22,25H,5,14-17,19-20H2,1-4H3,(H,29,31). The first kappa shape index (κ1) is 26.4. The lowest BCUT2D eigenvalue weighted by atomic mass is 9.98. The molecule has 1 heterocycles. The molecule has 1 saturated heterocycles. The number of piperidine rings is 1. The van der Waals surface area contributed by atoms with E-state index in [1.165, 1.54) is 0 Å². The lowest BCUT2D eigenvalue weighted by Crippen LogP contribution is -2.40. The fourth-order valence-electron chi connectivity index (χ4n) is 4.00. The minimum absolute atomic E-state index is 0.154. The molecule has 0 bridgehead atoms. The van der Waals surface area contributed by atoms with Crippen molar-refractivity contribution in [3.05, 3.63) is 65.7 Å². The highest BCUT2D eigenvalue weighted by atomic mass is 16.6. The number of ether oxygens (including phenoxy) is 3. The van der Waals surface area contributed by atoms with Crippen molar-refractivity contribution in [1.82, 2.24) is 10.2 Å². The Kier molecular flexibility index (Phi) is 9.40. The molecule has 0 aliphatic carbocycles. The van der Waals surface area contributed by atoms with Gasteiger partial charge in [0.05, 0.1) is 12.6 Å². The van der Waals surface area contributed by atoms with Gasteiger partial charge in [0.2, 0.25) is 0 Å². The van der Waals surface area contributed by atoms with Gasteiger partial charge in [0, 0.05) is 13.1 Å². The fraction of sp³-hybridized carbons (Fsp3) is 0.500. The summed E-state index contributed by atoms with van der Waals surface area (Å²) in [6.07, 6.45) is 1.80. The van der Waals surface area contributed by atoms with Crippen LogP contribution < -0.4 is 10.1 Å². The van der Waals surface area contributed by atoms with Crippen molar-refractivity contribution in [3.8, 4) is 5.75 Å². The first-order valence-electron chi connectivity index (χ1n) is 12.4. The molecule has 1 atom stereocenters. The molecule has 2 amide bonds. The highest BCUT2D eigenvalue weighted by Crippen LogP contribution is 2.24. The van der Waals surface area contributed by atoms with Crippen molar-refractivity contribution in [2.75, 3.05) is 19.7 Å². The number of likely N-dealkylation sites (tertiary alicyclic amines) is 1. The van der Waals surface area contributed by atoms with Crippen LogP contribution in [0.1, 0.15) is 64.1 Å². The SMILES string of the molecule is CCC(NC(=O)OC(C)(C)C)c1cccc(OCC2CCN(C(=O)OCc3ccccc3)CC2)c1. The third-order valence-electron chi connectivity index (χ3n) is 5.92. The van der Waals surface area contributed by atoms with Gasteiger partial charge in [-0.15, -0.1) is 0 Å². The molecule has 0 radical (unpaired) electrons. The van der Waals surface area contributed by atoms with E-state index in [1.54, 1.807) is 4.90 Å². The van der Waals surface area contributed by atoms with Gasteiger partial charge >= 0.3 is 12.2 Å². The van der Waals surface area contributed by atoms with Crippen LogP contribution in [0, 0.1) is 5.92 Å². The maximum Gasteiger partial charge on any atom is 0.410 e. The third-order valence-corrected chi connectivity index (χ3v) is 5.92. The van der Waals surface area contributed by atoms with Gasteiger partial charge < -0.3 is 24.4 Å². The Morgan fingerprint density at radius 2 is 1.77 bits per heavy atom. The van der Waals surface area contributed by atoms with Crippen LogP contribution in [0.15, 0.2) is 54.6 Å². The van der Waals surface area contributed by atoms with Gasteiger partial charge in [-0.2, -0.15) is 0 Å². The van der Waals surface area contributed by atoms with E-state index in [2.05, 4.69) is 5.32 Å².